The smallest absolute Gasteiger partial charge is 0.235 e. The first-order valence-corrected chi connectivity index (χ1v) is 10.0. The molecule has 1 aromatic carbocycles. The summed E-state index contributed by atoms with van der Waals surface area (Å²) < 4.78 is 0. The second-order valence-electron chi connectivity index (χ2n) is 6.06. The van der Waals surface area contributed by atoms with E-state index in [1.165, 1.54) is 0 Å². The number of carbonyl (C=O) groups excluding carboxylic acids is 3. The molecule has 6 heteroatoms. The number of nitrogens with two attached hydrogens (primary N) is 1. The standard InChI is InChI=1S/C21H28N2O3S/c1-4-6-7-8-12-19(24)17-11-9-10-16(13-17)15(3)21(26)27-14-18(20(22)25)23-5-2/h4,6,8-13,15,18,23H,5,7,14H2,1-3H3,(H2,22,25)/b6-4?,12-8+. The van der Waals surface area contributed by atoms with Crippen molar-refractivity contribution in [1.82, 2.24) is 5.32 Å². The Morgan fingerprint density at radius 1 is 1.26 bits per heavy atom. The van der Waals surface area contributed by atoms with Crippen molar-refractivity contribution in [1.29, 1.82) is 0 Å². The van der Waals surface area contributed by atoms with Gasteiger partial charge in [0, 0.05) is 11.3 Å². The van der Waals surface area contributed by atoms with Crippen LogP contribution in [0.4, 0.5) is 0 Å². The van der Waals surface area contributed by atoms with Gasteiger partial charge in [-0.05, 0) is 37.6 Å². The molecule has 1 aromatic rings. The van der Waals surface area contributed by atoms with E-state index in [1.54, 1.807) is 31.2 Å². The predicted octanol–water partition coefficient (Wildman–Crippen LogP) is 3.22. The van der Waals surface area contributed by atoms with Crippen LogP contribution < -0.4 is 11.1 Å². The number of primary amides is 1. The Balaban J connectivity index is 2.75. The van der Waals surface area contributed by atoms with Gasteiger partial charge >= 0.3 is 0 Å². The maximum Gasteiger partial charge on any atom is 0.235 e. The second kappa shape index (κ2) is 12.3. The number of ketones is 1. The van der Waals surface area contributed by atoms with Crippen LogP contribution in [0.1, 0.15) is 49.0 Å². The summed E-state index contributed by atoms with van der Waals surface area (Å²) in [6, 6.07) is 6.57. The van der Waals surface area contributed by atoms with E-state index in [1.807, 2.05) is 38.1 Å². The minimum atomic E-state index is -0.536. The molecule has 2 atom stereocenters. The summed E-state index contributed by atoms with van der Waals surface area (Å²) >= 11 is 1.08. The zero-order valence-corrected chi connectivity index (χ0v) is 16.9. The van der Waals surface area contributed by atoms with Crippen LogP contribution in [0, 0.1) is 0 Å². The van der Waals surface area contributed by atoms with E-state index in [2.05, 4.69) is 5.32 Å². The summed E-state index contributed by atoms with van der Waals surface area (Å²) in [7, 11) is 0. The molecule has 0 radical (unpaired) electrons. The Morgan fingerprint density at radius 3 is 2.63 bits per heavy atom. The fraction of sp³-hybridized carbons (Fsp3) is 0.381. The van der Waals surface area contributed by atoms with Crippen LogP contribution in [-0.4, -0.2) is 35.1 Å². The van der Waals surface area contributed by atoms with E-state index < -0.39 is 11.9 Å². The summed E-state index contributed by atoms with van der Waals surface area (Å²) in [6.07, 6.45) is 7.96. The fourth-order valence-electron chi connectivity index (χ4n) is 2.36. The van der Waals surface area contributed by atoms with Gasteiger partial charge in [0.2, 0.25) is 5.91 Å². The molecule has 0 bridgehead atoms. The Hall–Kier alpha value is -2.18. The highest BCUT2D eigenvalue weighted by molar-refractivity contribution is 8.13. The van der Waals surface area contributed by atoms with Gasteiger partial charge in [-0.15, -0.1) is 0 Å². The molecular formula is C21H28N2O3S. The van der Waals surface area contributed by atoms with Crippen molar-refractivity contribution in [3.05, 3.63) is 59.7 Å². The maximum absolute atomic E-state index is 12.5. The van der Waals surface area contributed by atoms with Crippen LogP contribution in [0.2, 0.25) is 0 Å². The molecule has 1 rings (SSSR count). The molecule has 1 amide bonds. The highest BCUT2D eigenvalue weighted by Crippen LogP contribution is 2.24. The number of likely N-dealkylation sites (N-methyl/N-ethyl adjacent to an activating group) is 1. The first kappa shape index (κ1) is 22.9. The minimum absolute atomic E-state index is 0.0626. The van der Waals surface area contributed by atoms with E-state index in [0.717, 1.165) is 17.3 Å². The number of carbonyl (C=O) groups is 3. The molecule has 0 saturated heterocycles. The largest absolute Gasteiger partial charge is 0.368 e. The summed E-state index contributed by atoms with van der Waals surface area (Å²) in [5.41, 5.74) is 6.66. The van der Waals surface area contributed by atoms with Gasteiger partial charge in [0.15, 0.2) is 10.9 Å². The molecule has 5 nitrogen and oxygen atoms in total. The topological polar surface area (TPSA) is 89.3 Å². The summed E-state index contributed by atoms with van der Waals surface area (Å²) in [5.74, 6) is -0.653. The Kier molecular flexibility index (Phi) is 10.4. The first-order valence-electron chi connectivity index (χ1n) is 9.02. The van der Waals surface area contributed by atoms with Crippen molar-refractivity contribution in [2.45, 2.75) is 39.2 Å². The molecule has 0 aliphatic rings. The van der Waals surface area contributed by atoms with Crippen molar-refractivity contribution in [2.75, 3.05) is 12.3 Å². The molecule has 146 valence electrons. The normalized spacial score (nSPS) is 13.7. The molecule has 0 heterocycles. The molecule has 0 aliphatic carbocycles. The van der Waals surface area contributed by atoms with Gasteiger partial charge < -0.3 is 11.1 Å². The maximum atomic E-state index is 12.5. The van der Waals surface area contributed by atoms with E-state index in [-0.39, 0.29) is 16.8 Å². The lowest BCUT2D eigenvalue weighted by Crippen LogP contribution is -2.43. The number of allylic oxidation sites excluding steroid dienone is 4. The van der Waals surface area contributed by atoms with Crippen LogP contribution in [0.5, 0.6) is 0 Å². The summed E-state index contributed by atoms with van der Waals surface area (Å²) in [6.45, 7) is 6.21. The van der Waals surface area contributed by atoms with E-state index in [4.69, 9.17) is 5.73 Å². The van der Waals surface area contributed by atoms with Crippen LogP contribution in [-0.2, 0) is 9.59 Å². The number of rotatable bonds is 11. The van der Waals surface area contributed by atoms with Crippen molar-refractivity contribution >= 4 is 28.6 Å². The lowest BCUT2D eigenvalue weighted by molar-refractivity contribution is -0.119. The Morgan fingerprint density at radius 2 is 2.00 bits per heavy atom. The van der Waals surface area contributed by atoms with Gasteiger partial charge in [-0.2, -0.15) is 0 Å². The van der Waals surface area contributed by atoms with Gasteiger partial charge in [0.25, 0.3) is 0 Å². The molecule has 0 aromatic heterocycles. The minimum Gasteiger partial charge on any atom is -0.368 e. The molecule has 0 saturated carbocycles. The van der Waals surface area contributed by atoms with Crippen LogP contribution in [0.25, 0.3) is 0 Å². The third kappa shape index (κ3) is 7.93. The molecular weight excluding hydrogens is 360 g/mol. The average molecular weight is 389 g/mol. The van der Waals surface area contributed by atoms with Gasteiger partial charge in [-0.3, -0.25) is 14.4 Å². The summed E-state index contributed by atoms with van der Waals surface area (Å²) in [4.78, 5) is 36.1. The molecule has 27 heavy (non-hydrogen) atoms. The van der Waals surface area contributed by atoms with E-state index in [0.29, 0.717) is 24.3 Å². The van der Waals surface area contributed by atoms with E-state index >= 15 is 0 Å². The quantitative estimate of drug-likeness (QED) is 0.345. The molecule has 0 spiro atoms. The first-order chi connectivity index (χ1) is 12.9. The van der Waals surface area contributed by atoms with Gasteiger partial charge in [-0.25, -0.2) is 0 Å². The SMILES string of the molecule is CC=CC/C=C/C(=O)c1cccc(C(C)C(=O)SCC(NCC)C(N)=O)c1. The number of benzene rings is 1. The van der Waals surface area contributed by atoms with Gasteiger partial charge in [0.05, 0.1) is 12.0 Å². The van der Waals surface area contributed by atoms with Crippen molar-refractivity contribution in [3.63, 3.8) is 0 Å². The Labute approximate surface area is 165 Å². The third-order valence-corrected chi connectivity index (χ3v) is 5.13. The lowest BCUT2D eigenvalue weighted by Gasteiger charge is -2.15. The highest BCUT2D eigenvalue weighted by atomic mass is 32.2. The van der Waals surface area contributed by atoms with Crippen molar-refractivity contribution in [3.8, 4) is 0 Å². The molecule has 0 fully saturated rings. The van der Waals surface area contributed by atoms with Gasteiger partial charge in [0.1, 0.15) is 0 Å². The predicted molar refractivity (Wildman–Crippen MR) is 112 cm³/mol. The zero-order valence-electron chi connectivity index (χ0n) is 16.1. The van der Waals surface area contributed by atoms with E-state index in [9.17, 15) is 14.4 Å². The second-order valence-corrected chi connectivity index (χ2v) is 7.09. The Bertz CT molecular complexity index is 713. The van der Waals surface area contributed by atoms with Crippen molar-refractivity contribution in [2.24, 2.45) is 5.73 Å². The number of thioether (sulfide) groups is 1. The summed E-state index contributed by atoms with van der Waals surface area (Å²) in [5, 5.41) is 2.90. The van der Waals surface area contributed by atoms with Crippen molar-refractivity contribution < 1.29 is 14.4 Å². The molecule has 3 N–H and O–H groups in total. The van der Waals surface area contributed by atoms with Crippen LogP contribution >= 0.6 is 11.8 Å². The average Bonchev–Trinajstić information content (AvgIpc) is 2.67. The monoisotopic (exact) mass is 388 g/mol. The molecule has 0 aliphatic heterocycles. The van der Waals surface area contributed by atoms with Crippen LogP contribution in [0.3, 0.4) is 0 Å². The van der Waals surface area contributed by atoms with Crippen LogP contribution in [0.15, 0.2) is 48.6 Å². The lowest BCUT2D eigenvalue weighted by atomic mass is 9.98. The number of nitrogens with one attached hydrogen (secondary N) is 1. The fourth-order valence-corrected chi connectivity index (χ4v) is 3.36. The number of hydrogen-bond acceptors (Lipinski definition) is 5. The van der Waals surface area contributed by atoms with Gasteiger partial charge in [-0.1, -0.05) is 62.0 Å². The third-order valence-electron chi connectivity index (χ3n) is 3.99. The number of hydrogen-bond donors (Lipinski definition) is 2. The zero-order chi connectivity index (χ0) is 20.2. The molecule has 2 unspecified atom stereocenters. The highest BCUT2D eigenvalue weighted by Gasteiger charge is 2.21. The number of amides is 1.